The number of amides is 1. The molecule has 1 heterocycles. The Hall–Kier alpha value is -1.72. The molecule has 2 aromatic rings. The number of benzene rings is 2. The van der Waals surface area contributed by atoms with Crippen LogP contribution in [-0.4, -0.2) is 25.0 Å². The van der Waals surface area contributed by atoms with E-state index in [1.54, 1.807) is 18.2 Å². The first-order chi connectivity index (χ1) is 10.5. The van der Waals surface area contributed by atoms with Gasteiger partial charge in [-0.25, -0.2) is 9.38 Å². The minimum Gasteiger partial charge on any atom is -0.311 e. The fourth-order valence-corrected chi connectivity index (χ4v) is 2.94. The van der Waals surface area contributed by atoms with Crippen molar-refractivity contribution in [3.63, 3.8) is 0 Å². The van der Waals surface area contributed by atoms with Crippen LogP contribution < -0.4 is 4.90 Å². The van der Waals surface area contributed by atoms with Crippen molar-refractivity contribution in [3.05, 3.63) is 63.1 Å². The van der Waals surface area contributed by atoms with E-state index in [1.165, 1.54) is 11.9 Å². The van der Waals surface area contributed by atoms with Gasteiger partial charge in [-0.05, 0) is 30.3 Å². The molecule has 6 heteroatoms. The molecule has 0 saturated heterocycles. The highest BCUT2D eigenvalue weighted by Gasteiger charge is 2.29. The van der Waals surface area contributed by atoms with E-state index in [-0.39, 0.29) is 0 Å². The van der Waals surface area contributed by atoms with Crippen molar-refractivity contribution in [1.29, 1.82) is 0 Å². The summed E-state index contributed by atoms with van der Waals surface area (Å²) in [4.78, 5) is 17.3. The SMILES string of the molecule is CN1C(=O)C(F)N=C(c2cccc(Br)c2)c2cc(Cl)ccc21. The number of alkyl halides is 1. The molecule has 1 unspecified atom stereocenters. The Bertz CT molecular complexity index is 793. The van der Waals surface area contributed by atoms with E-state index in [2.05, 4.69) is 20.9 Å². The number of hydrogen-bond donors (Lipinski definition) is 0. The molecule has 3 nitrogen and oxygen atoms in total. The zero-order chi connectivity index (χ0) is 15.9. The van der Waals surface area contributed by atoms with Gasteiger partial charge in [-0.3, -0.25) is 4.79 Å². The second kappa shape index (κ2) is 5.82. The number of anilines is 1. The van der Waals surface area contributed by atoms with Crippen LogP contribution in [0.25, 0.3) is 0 Å². The molecule has 1 aliphatic heterocycles. The lowest BCUT2D eigenvalue weighted by atomic mass is 10.0. The molecule has 1 aliphatic rings. The van der Waals surface area contributed by atoms with Gasteiger partial charge in [0.2, 0.25) is 0 Å². The quantitative estimate of drug-likeness (QED) is 0.681. The van der Waals surface area contributed by atoms with Gasteiger partial charge in [0.05, 0.1) is 11.4 Å². The van der Waals surface area contributed by atoms with Crippen molar-refractivity contribution in [2.24, 2.45) is 4.99 Å². The number of nitrogens with zero attached hydrogens (tertiary/aromatic N) is 2. The predicted molar refractivity (Wildman–Crippen MR) is 89.5 cm³/mol. The molecule has 3 rings (SSSR count). The van der Waals surface area contributed by atoms with E-state index in [0.717, 1.165) is 4.47 Å². The van der Waals surface area contributed by atoms with Gasteiger partial charge in [-0.15, -0.1) is 0 Å². The lowest BCUT2D eigenvalue weighted by Crippen LogP contribution is -2.32. The molecule has 0 saturated carbocycles. The summed E-state index contributed by atoms with van der Waals surface area (Å²) in [5.74, 6) is -0.700. The van der Waals surface area contributed by atoms with Crippen molar-refractivity contribution in [2.75, 3.05) is 11.9 Å². The number of rotatable bonds is 1. The molecular weight excluding hydrogens is 371 g/mol. The molecule has 0 bridgehead atoms. The lowest BCUT2D eigenvalue weighted by molar-refractivity contribution is -0.122. The first-order valence-corrected chi connectivity index (χ1v) is 7.70. The maximum absolute atomic E-state index is 14.2. The first-order valence-electron chi connectivity index (χ1n) is 6.52. The number of hydrogen-bond acceptors (Lipinski definition) is 2. The second-order valence-corrected chi connectivity index (χ2v) is 6.23. The maximum atomic E-state index is 14.2. The second-order valence-electron chi connectivity index (χ2n) is 4.88. The number of fused-ring (bicyclic) bond motifs is 1. The normalized spacial score (nSPS) is 17.8. The fraction of sp³-hybridized carbons (Fsp3) is 0.125. The molecule has 1 amide bonds. The summed E-state index contributed by atoms with van der Waals surface area (Å²) in [5.41, 5.74) is 2.32. The molecule has 0 aromatic heterocycles. The molecule has 22 heavy (non-hydrogen) atoms. The third kappa shape index (κ3) is 2.66. The van der Waals surface area contributed by atoms with Crippen LogP contribution in [0.15, 0.2) is 51.9 Å². The Morgan fingerprint density at radius 1 is 1.27 bits per heavy atom. The van der Waals surface area contributed by atoms with E-state index in [4.69, 9.17) is 11.6 Å². The van der Waals surface area contributed by atoms with Crippen LogP contribution in [0.3, 0.4) is 0 Å². The van der Waals surface area contributed by atoms with Gasteiger partial charge in [0.15, 0.2) is 0 Å². The molecule has 0 fully saturated rings. The summed E-state index contributed by atoms with van der Waals surface area (Å²) < 4.78 is 15.0. The Morgan fingerprint density at radius 2 is 2.05 bits per heavy atom. The van der Waals surface area contributed by atoms with E-state index in [1.807, 2.05) is 24.3 Å². The maximum Gasteiger partial charge on any atom is 0.284 e. The summed E-state index contributed by atoms with van der Waals surface area (Å²) in [6.45, 7) is 0. The highest BCUT2D eigenvalue weighted by atomic mass is 79.9. The van der Waals surface area contributed by atoms with Gasteiger partial charge < -0.3 is 4.90 Å². The molecule has 0 aliphatic carbocycles. The number of halogens is 3. The van der Waals surface area contributed by atoms with Crippen LogP contribution in [0.5, 0.6) is 0 Å². The molecular formula is C16H11BrClFN2O. The van der Waals surface area contributed by atoms with E-state index >= 15 is 0 Å². The molecule has 0 radical (unpaired) electrons. The van der Waals surface area contributed by atoms with Crippen LogP contribution >= 0.6 is 27.5 Å². The van der Waals surface area contributed by atoms with E-state index in [0.29, 0.717) is 27.5 Å². The minimum atomic E-state index is -1.94. The Morgan fingerprint density at radius 3 is 2.77 bits per heavy atom. The summed E-state index contributed by atoms with van der Waals surface area (Å²) in [6.07, 6.45) is -1.94. The number of aliphatic imine (C=N–C) groups is 1. The first kappa shape index (κ1) is 15.2. The van der Waals surface area contributed by atoms with Crippen LogP contribution in [-0.2, 0) is 4.79 Å². The zero-order valence-corrected chi connectivity index (χ0v) is 13.9. The monoisotopic (exact) mass is 380 g/mol. The standard InChI is InChI=1S/C16H11BrClFN2O/c1-21-13-6-5-11(18)8-12(13)14(20-15(19)16(21)22)9-3-2-4-10(17)7-9/h2-8,15H,1H3. The van der Waals surface area contributed by atoms with Crippen molar-refractivity contribution in [1.82, 2.24) is 0 Å². The largest absolute Gasteiger partial charge is 0.311 e. The highest BCUT2D eigenvalue weighted by molar-refractivity contribution is 9.10. The number of carbonyl (C=O) groups excluding carboxylic acids is 1. The molecule has 0 spiro atoms. The topological polar surface area (TPSA) is 32.7 Å². The number of carbonyl (C=O) groups is 1. The van der Waals surface area contributed by atoms with Gasteiger partial charge in [-0.1, -0.05) is 39.7 Å². The van der Waals surface area contributed by atoms with Crippen LogP contribution in [0.4, 0.5) is 10.1 Å². The molecule has 2 aromatic carbocycles. The van der Waals surface area contributed by atoms with Gasteiger partial charge in [-0.2, -0.15) is 0 Å². The third-order valence-corrected chi connectivity index (χ3v) is 4.18. The lowest BCUT2D eigenvalue weighted by Gasteiger charge is -2.18. The van der Waals surface area contributed by atoms with Gasteiger partial charge in [0.25, 0.3) is 12.2 Å². The Balaban J connectivity index is 2.28. The van der Waals surface area contributed by atoms with Crippen LogP contribution in [0.2, 0.25) is 5.02 Å². The van der Waals surface area contributed by atoms with E-state index < -0.39 is 12.2 Å². The Kier molecular flexibility index (Phi) is 4.02. The van der Waals surface area contributed by atoms with E-state index in [9.17, 15) is 9.18 Å². The molecule has 112 valence electrons. The van der Waals surface area contributed by atoms with Crippen molar-refractivity contribution < 1.29 is 9.18 Å². The molecule has 1 atom stereocenters. The summed E-state index contributed by atoms with van der Waals surface area (Å²) in [7, 11) is 1.53. The summed E-state index contributed by atoms with van der Waals surface area (Å²) in [5, 5.41) is 0.500. The highest BCUT2D eigenvalue weighted by Crippen LogP contribution is 2.30. The van der Waals surface area contributed by atoms with Crippen LogP contribution in [0.1, 0.15) is 11.1 Å². The van der Waals surface area contributed by atoms with Crippen LogP contribution in [0, 0.1) is 0 Å². The van der Waals surface area contributed by atoms with Gasteiger partial charge in [0.1, 0.15) is 0 Å². The smallest absolute Gasteiger partial charge is 0.284 e. The number of likely N-dealkylation sites (N-methyl/N-ethyl adjacent to an activating group) is 1. The third-order valence-electron chi connectivity index (χ3n) is 3.45. The van der Waals surface area contributed by atoms with Gasteiger partial charge in [0, 0.05) is 27.7 Å². The average Bonchev–Trinajstić information content (AvgIpc) is 2.58. The van der Waals surface area contributed by atoms with Crippen molar-refractivity contribution in [2.45, 2.75) is 6.30 Å². The fourth-order valence-electron chi connectivity index (χ4n) is 2.37. The summed E-state index contributed by atoms with van der Waals surface area (Å²) >= 11 is 9.46. The van der Waals surface area contributed by atoms with Crippen molar-refractivity contribution >= 4 is 44.8 Å². The average molecular weight is 382 g/mol. The van der Waals surface area contributed by atoms with Crippen molar-refractivity contribution in [3.8, 4) is 0 Å². The predicted octanol–water partition coefficient (Wildman–Crippen LogP) is 4.21. The minimum absolute atomic E-state index is 0.406. The Labute approximate surface area is 140 Å². The summed E-state index contributed by atoms with van der Waals surface area (Å²) in [6, 6.07) is 12.4. The zero-order valence-electron chi connectivity index (χ0n) is 11.6. The van der Waals surface area contributed by atoms with Gasteiger partial charge >= 0.3 is 0 Å². The number of benzodiazepines with no additional fused rings is 1. The molecule has 0 N–H and O–H groups in total.